The number of carbonyl (C=O) groups is 1. The topological polar surface area (TPSA) is 228 Å². The van der Waals surface area contributed by atoms with E-state index < -0.39 is 86.8 Å². The Bertz CT molecular complexity index is 1500. The highest BCUT2D eigenvalue weighted by atomic mass is 16.7. The molecule has 1 amide bonds. The first-order valence-corrected chi connectivity index (χ1v) is 35.6. The van der Waals surface area contributed by atoms with Crippen LogP contribution < -0.4 is 5.32 Å². The lowest BCUT2D eigenvalue weighted by Crippen LogP contribution is -2.65. The molecule has 0 aromatic heterocycles. The van der Waals surface area contributed by atoms with Crippen LogP contribution in [0.4, 0.5) is 0 Å². The summed E-state index contributed by atoms with van der Waals surface area (Å²) in [5.41, 5.74) is 0. The van der Waals surface area contributed by atoms with Gasteiger partial charge < -0.3 is 65.1 Å². The molecule has 14 nitrogen and oxygen atoms in total. The number of hydrogen-bond donors (Lipinski definition) is 9. The van der Waals surface area contributed by atoms with E-state index in [-0.39, 0.29) is 18.9 Å². The average Bonchev–Trinajstić information content (AvgIpc) is 3.67. The van der Waals surface area contributed by atoms with E-state index in [9.17, 15) is 45.6 Å². The standard InChI is InChI=1S/C70H133NO13/c1-3-5-7-9-11-13-15-17-19-21-23-25-26-27-28-29-30-31-32-34-36-38-40-42-44-46-48-50-52-54-62(75)71-58(59(74)53-51-49-47-45-43-41-39-37-35-33-24-22-20-18-16-14-12-10-8-6-4-2)57-81-69-67(80)65(78)68(61(56-73)83-69)84-70-66(79)64(77)63(76)60(55-72)82-70/h43,45,51,53,58-61,63-70,72-74,76-80H,3-42,44,46-50,52,54-57H2,1-2H3,(H,71,75)/b45-43+,53-51+. The van der Waals surface area contributed by atoms with Crippen molar-refractivity contribution in [2.24, 2.45) is 0 Å². The van der Waals surface area contributed by atoms with Gasteiger partial charge in [0.25, 0.3) is 0 Å². The van der Waals surface area contributed by atoms with E-state index in [0.717, 1.165) is 32.1 Å². The van der Waals surface area contributed by atoms with Gasteiger partial charge >= 0.3 is 0 Å². The molecule has 12 atom stereocenters. The van der Waals surface area contributed by atoms with Crippen molar-refractivity contribution < 1.29 is 64.6 Å². The summed E-state index contributed by atoms with van der Waals surface area (Å²) in [5, 5.41) is 87.4. The summed E-state index contributed by atoms with van der Waals surface area (Å²) >= 11 is 0. The molecule has 2 saturated heterocycles. The second-order valence-corrected chi connectivity index (χ2v) is 25.4. The molecule has 2 rings (SSSR count). The van der Waals surface area contributed by atoms with Crippen molar-refractivity contribution in [3.63, 3.8) is 0 Å². The summed E-state index contributed by atoms with van der Waals surface area (Å²) in [7, 11) is 0. The van der Waals surface area contributed by atoms with Crippen LogP contribution in [-0.2, 0) is 23.7 Å². The smallest absolute Gasteiger partial charge is 0.220 e. The molecule has 0 radical (unpaired) electrons. The molecule has 2 aliphatic rings. The van der Waals surface area contributed by atoms with E-state index in [1.807, 2.05) is 6.08 Å². The average molecular weight is 1200 g/mol. The molecule has 2 heterocycles. The van der Waals surface area contributed by atoms with Crippen molar-refractivity contribution in [3.05, 3.63) is 24.3 Å². The second-order valence-electron chi connectivity index (χ2n) is 25.4. The Hall–Kier alpha value is -1.53. The first-order chi connectivity index (χ1) is 41.1. The highest BCUT2D eigenvalue weighted by Gasteiger charge is 2.51. The van der Waals surface area contributed by atoms with Crippen molar-refractivity contribution in [3.8, 4) is 0 Å². The van der Waals surface area contributed by atoms with E-state index in [1.54, 1.807) is 6.08 Å². The quantitative estimate of drug-likeness (QED) is 0.0204. The minimum absolute atomic E-state index is 0.241. The van der Waals surface area contributed by atoms with Gasteiger partial charge in [-0.1, -0.05) is 308 Å². The van der Waals surface area contributed by atoms with Gasteiger partial charge in [-0.25, -0.2) is 0 Å². The van der Waals surface area contributed by atoms with E-state index in [4.69, 9.17) is 18.9 Å². The van der Waals surface area contributed by atoms with E-state index >= 15 is 0 Å². The first kappa shape index (κ1) is 78.6. The van der Waals surface area contributed by atoms with Gasteiger partial charge in [-0.3, -0.25) is 4.79 Å². The molecule has 2 aliphatic heterocycles. The number of ether oxygens (including phenoxy) is 4. The fourth-order valence-electron chi connectivity index (χ4n) is 12.0. The monoisotopic (exact) mass is 1200 g/mol. The summed E-state index contributed by atoms with van der Waals surface area (Å²) in [6.45, 7) is 2.84. The number of unbranched alkanes of at least 4 members (excludes halogenated alkanes) is 44. The molecule has 496 valence electrons. The van der Waals surface area contributed by atoms with Crippen LogP contribution >= 0.6 is 0 Å². The fraction of sp³-hybridized carbons (Fsp3) is 0.929. The predicted molar refractivity (Wildman–Crippen MR) is 342 cm³/mol. The van der Waals surface area contributed by atoms with Crippen LogP contribution in [0.15, 0.2) is 24.3 Å². The zero-order valence-corrected chi connectivity index (χ0v) is 53.9. The van der Waals surface area contributed by atoms with Gasteiger partial charge in [0, 0.05) is 6.42 Å². The molecule has 14 heteroatoms. The number of amides is 1. The Balaban J connectivity index is 1.67. The maximum absolute atomic E-state index is 13.3. The summed E-state index contributed by atoms with van der Waals surface area (Å²) in [4.78, 5) is 13.3. The SMILES string of the molecule is CCCCCCCCCCCCCCCCC/C=C/CC/C=C/C(O)C(COC1OC(CO)C(OC2OC(CO)C(O)C(O)C2O)C(O)C1O)NC(=O)CCCCCCCCCCCCCCCCCCCCCCCCCCCCCCC. The summed E-state index contributed by atoms with van der Waals surface area (Å²) in [5.74, 6) is -0.241. The number of aliphatic hydroxyl groups excluding tert-OH is 8. The molecule has 0 aromatic carbocycles. The molecule has 0 aliphatic carbocycles. The Kier molecular flexibility index (Phi) is 51.9. The lowest BCUT2D eigenvalue weighted by molar-refractivity contribution is -0.359. The number of aliphatic hydroxyl groups is 8. The van der Waals surface area contributed by atoms with Crippen LogP contribution in [0.25, 0.3) is 0 Å². The Labute approximate surface area is 513 Å². The van der Waals surface area contributed by atoms with Gasteiger partial charge in [-0.2, -0.15) is 0 Å². The molecule has 12 unspecified atom stereocenters. The lowest BCUT2D eigenvalue weighted by Gasteiger charge is -2.46. The van der Waals surface area contributed by atoms with Gasteiger partial charge in [0.2, 0.25) is 5.91 Å². The second kappa shape index (κ2) is 55.5. The predicted octanol–water partition coefficient (Wildman–Crippen LogP) is 14.3. The Morgan fingerprint density at radius 3 is 1.17 bits per heavy atom. The minimum Gasteiger partial charge on any atom is -0.394 e. The molecule has 0 saturated carbocycles. The molecular weight excluding hydrogens is 1060 g/mol. The van der Waals surface area contributed by atoms with E-state index in [2.05, 4.69) is 31.3 Å². The van der Waals surface area contributed by atoms with Crippen LogP contribution in [0.5, 0.6) is 0 Å². The molecule has 84 heavy (non-hydrogen) atoms. The van der Waals surface area contributed by atoms with E-state index in [0.29, 0.717) is 12.8 Å². The van der Waals surface area contributed by atoms with E-state index in [1.165, 1.54) is 257 Å². The van der Waals surface area contributed by atoms with Gasteiger partial charge in [-0.05, 0) is 32.1 Å². The maximum atomic E-state index is 13.3. The fourth-order valence-corrected chi connectivity index (χ4v) is 12.0. The maximum Gasteiger partial charge on any atom is 0.220 e. The van der Waals surface area contributed by atoms with Gasteiger partial charge in [0.1, 0.15) is 48.8 Å². The van der Waals surface area contributed by atoms with Gasteiger partial charge in [0.15, 0.2) is 12.6 Å². The van der Waals surface area contributed by atoms with Gasteiger partial charge in [0.05, 0.1) is 32.0 Å². The lowest BCUT2D eigenvalue weighted by atomic mass is 9.97. The van der Waals surface area contributed by atoms with Crippen LogP contribution in [0.2, 0.25) is 0 Å². The van der Waals surface area contributed by atoms with Crippen LogP contribution in [0.1, 0.15) is 322 Å². The van der Waals surface area contributed by atoms with Crippen molar-refractivity contribution in [2.45, 2.75) is 396 Å². The third-order valence-corrected chi connectivity index (χ3v) is 17.6. The van der Waals surface area contributed by atoms with Crippen LogP contribution in [0, 0.1) is 0 Å². The molecular formula is C70H133NO13. The number of nitrogens with one attached hydrogen (secondary N) is 1. The number of hydrogen-bond acceptors (Lipinski definition) is 13. The zero-order valence-electron chi connectivity index (χ0n) is 53.9. The number of carbonyl (C=O) groups excluding carboxylic acids is 1. The zero-order chi connectivity index (χ0) is 60.9. The Morgan fingerprint density at radius 2 is 0.762 bits per heavy atom. The third kappa shape index (κ3) is 39.5. The molecule has 2 fully saturated rings. The Morgan fingerprint density at radius 1 is 0.417 bits per heavy atom. The van der Waals surface area contributed by atoms with Crippen molar-refractivity contribution in [1.29, 1.82) is 0 Å². The summed E-state index contributed by atoms with van der Waals surface area (Å²) in [6, 6.07) is -0.929. The minimum atomic E-state index is -1.79. The summed E-state index contributed by atoms with van der Waals surface area (Å²) in [6.07, 6.45) is 52.4. The first-order valence-electron chi connectivity index (χ1n) is 35.6. The van der Waals surface area contributed by atoms with Crippen molar-refractivity contribution in [2.75, 3.05) is 19.8 Å². The largest absolute Gasteiger partial charge is 0.394 e. The highest BCUT2D eigenvalue weighted by molar-refractivity contribution is 5.76. The molecule has 0 aromatic rings. The number of rotatable bonds is 59. The van der Waals surface area contributed by atoms with Crippen LogP contribution in [-0.4, -0.2) is 140 Å². The highest BCUT2D eigenvalue weighted by Crippen LogP contribution is 2.30. The molecule has 0 spiro atoms. The molecule has 0 bridgehead atoms. The van der Waals surface area contributed by atoms with Crippen molar-refractivity contribution in [1.82, 2.24) is 5.32 Å². The number of allylic oxidation sites excluding steroid dienone is 3. The molecule has 9 N–H and O–H groups in total. The van der Waals surface area contributed by atoms with Crippen LogP contribution in [0.3, 0.4) is 0 Å². The summed E-state index contributed by atoms with van der Waals surface area (Å²) < 4.78 is 22.8. The normalized spacial score (nSPS) is 23.7. The third-order valence-electron chi connectivity index (χ3n) is 17.6. The van der Waals surface area contributed by atoms with Gasteiger partial charge in [-0.15, -0.1) is 0 Å². The van der Waals surface area contributed by atoms with Crippen molar-refractivity contribution >= 4 is 5.91 Å².